The molecule has 4 heteroatoms. The second-order valence-corrected chi connectivity index (χ2v) is 4.98. The van der Waals surface area contributed by atoms with E-state index in [4.69, 9.17) is 9.47 Å². The van der Waals surface area contributed by atoms with E-state index in [2.05, 4.69) is 15.9 Å². The average Bonchev–Trinajstić information content (AvgIpc) is 2.27. The summed E-state index contributed by atoms with van der Waals surface area (Å²) in [5, 5.41) is 0. The Hall–Kier alpha value is -1.03. The Bertz CT molecular complexity index is 413. The third-order valence-corrected chi connectivity index (χ3v) is 3.13. The Morgan fingerprint density at radius 3 is 2.41 bits per heavy atom. The van der Waals surface area contributed by atoms with Crippen molar-refractivity contribution in [3.63, 3.8) is 0 Å². The molecule has 0 aliphatic heterocycles. The number of rotatable bonds is 5. The molecule has 0 bridgehead atoms. The number of hydrogen-bond donors (Lipinski definition) is 0. The number of methoxy groups -OCH3 is 2. The molecule has 0 heterocycles. The van der Waals surface area contributed by atoms with E-state index >= 15 is 0 Å². The third-order valence-electron chi connectivity index (χ3n) is 2.38. The number of benzene rings is 1. The van der Waals surface area contributed by atoms with Gasteiger partial charge in [-0.05, 0) is 34.0 Å². The van der Waals surface area contributed by atoms with E-state index in [1.54, 1.807) is 26.4 Å². The van der Waals surface area contributed by atoms with Gasteiger partial charge in [0.15, 0.2) is 5.78 Å². The van der Waals surface area contributed by atoms with Crippen LogP contribution in [0.15, 0.2) is 16.6 Å². The summed E-state index contributed by atoms with van der Waals surface area (Å²) in [6.07, 6.45) is 0.509. The summed E-state index contributed by atoms with van der Waals surface area (Å²) in [4.78, 5) is 12.0. The molecule has 0 saturated heterocycles. The van der Waals surface area contributed by atoms with Gasteiger partial charge >= 0.3 is 0 Å². The maximum atomic E-state index is 12.0. The molecule has 3 nitrogen and oxygen atoms in total. The fraction of sp³-hybridized carbons (Fsp3) is 0.462. The van der Waals surface area contributed by atoms with Crippen LogP contribution in [0.5, 0.6) is 11.5 Å². The third kappa shape index (κ3) is 3.22. The summed E-state index contributed by atoms with van der Waals surface area (Å²) in [5.74, 6) is 1.60. The lowest BCUT2D eigenvalue weighted by Crippen LogP contribution is -2.06. The molecule has 0 aliphatic carbocycles. The highest BCUT2D eigenvalue weighted by Crippen LogP contribution is 2.37. The molecule has 0 amide bonds. The van der Waals surface area contributed by atoms with Crippen LogP contribution >= 0.6 is 15.9 Å². The van der Waals surface area contributed by atoms with Crippen molar-refractivity contribution >= 4 is 21.7 Å². The number of halogens is 1. The minimum absolute atomic E-state index is 0.0835. The van der Waals surface area contributed by atoms with Crippen molar-refractivity contribution in [3.8, 4) is 11.5 Å². The molecule has 1 aromatic carbocycles. The number of Topliss-reactive ketones (excluding diaryl/α,β-unsaturated/α-hetero) is 1. The number of ether oxygens (including phenoxy) is 2. The maximum absolute atomic E-state index is 12.0. The van der Waals surface area contributed by atoms with Gasteiger partial charge in [-0.25, -0.2) is 0 Å². The molecule has 0 aromatic heterocycles. The first-order valence-electron chi connectivity index (χ1n) is 5.45. The van der Waals surface area contributed by atoms with Crippen LogP contribution in [0, 0.1) is 5.92 Å². The molecule has 0 atom stereocenters. The molecule has 0 aliphatic rings. The minimum Gasteiger partial charge on any atom is -0.495 e. The zero-order valence-corrected chi connectivity index (χ0v) is 12.1. The Kier molecular flexibility index (Phi) is 5.00. The Morgan fingerprint density at radius 2 is 1.94 bits per heavy atom. The van der Waals surface area contributed by atoms with Crippen LogP contribution in [0.25, 0.3) is 0 Å². The molecule has 0 spiro atoms. The Labute approximate surface area is 110 Å². The quantitative estimate of drug-likeness (QED) is 0.778. The van der Waals surface area contributed by atoms with E-state index in [9.17, 15) is 4.79 Å². The van der Waals surface area contributed by atoms with Crippen molar-refractivity contribution in [2.75, 3.05) is 14.2 Å². The molecule has 0 radical (unpaired) electrons. The lowest BCUT2D eigenvalue weighted by Gasteiger charge is -2.13. The van der Waals surface area contributed by atoms with Gasteiger partial charge in [-0.3, -0.25) is 4.79 Å². The monoisotopic (exact) mass is 300 g/mol. The summed E-state index contributed by atoms with van der Waals surface area (Å²) in [6, 6.07) is 3.51. The first kappa shape index (κ1) is 14.0. The van der Waals surface area contributed by atoms with E-state index in [0.29, 0.717) is 33.9 Å². The van der Waals surface area contributed by atoms with Gasteiger partial charge in [0.2, 0.25) is 0 Å². The van der Waals surface area contributed by atoms with Crippen LogP contribution in [0.2, 0.25) is 0 Å². The average molecular weight is 301 g/mol. The van der Waals surface area contributed by atoms with E-state index < -0.39 is 0 Å². The summed E-state index contributed by atoms with van der Waals surface area (Å²) >= 11 is 3.38. The second-order valence-electron chi connectivity index (χ2n) is 4.18. The van der Waals surface area contributed by atoms with Crippen LogP contribution < -0.4 is 9.47 Å². The highest BCUT2D eigenvalue weighted by Gasteiger charge is 2.18. The fourth-order valence-electron chi connectivity index (χ4n) is 1.60. The Balaban J connectivity index is 3.16. The molecular formula is C13H17BrO3. The summed E-state index contributed by atoms with van der Waals surface area (Å²) in [7, 11) is 3.13. The van der Waals surface area contributed by atoms with Gasteiger partial charge in [0.1, 0.15) is 16.0 Å². The minimum atomic E-state index is 0.0835. The number of carbonyl (C=O) groups is 1. The van der Waals surface area contributed by atoms with Crippen molar-refractivity contribution in [1.29, 1.82) is 0 Å². The normalized spacial score (nSPS) is 10.5. The zero-order valence-electron chi connectivity index (χ0n) is 10.5. The summed E-state index contributed by atoms with van der Waals surface area (Å²) in [6.45, 7) is 4.03. The van der Waals surface area contributed by atoms with Crippen LogP contribution in [0.4, 0.5) is 0 Å². The van der Waals surface area contributed by atoms with Gasteiger partial charge in [-0.2, -0.15) is 0 Å². The van der Waals surface area contributed by atoms with Gasteiger partial charge < -0.3 is 9.47 Å². The van der Waals surface area contributed by atoms with Crippen LogP contribution in [0.3, 0.4) is 0 Å². The van der Waals surface area contributed by atoms with Crippen molar-refractivity contribution in [3.05, 3.63) is 22.2 Å². The predicted molar refractivity (Wildman–Crippen MR) is 71.0 cm³/mol. The number of ketones is 1. The maximum Gasteiger partial charge on any atom is 0.166 e. The number of hydrogen-bond acceptors (Lipinski definition) is 3. The highest BCUT2D eigenvalue weighted by atomic mass is 79.9. The van der Waals surface area contributed by atoms with E-state index in [0.717, 1.165) is 0 Å². The van der Waals surface area contributed by atoms with Gasteiger partial charge in [-0.1, -0.05) is 13.8 Å². The molecule has 0 unspecified atom stereocenters. The first-order chi connectivity index (χ1) is 8.01. The van der Waals surface area contributed by atoms with E-state index in [1.165, 1.54) is 0 Å². The van der Waals surface area contributed by atoms with Gasteiger partial charge in [-0.15, -0.1) is 0 Å². The molecular weight excluding hydrogens is 284 g/mol. The molecule has 94 valence electrons. The SMILES string of the molecule is COc1ccc(C(=O)CC(C)C)c(OC)c1Br. The molecule has 1 rings (SSSR count). The standard InChI is InChI=1S/C13H17BrO3/c1-8(2)7-10(15)9-5-6-11(16-3)12(14)13(9)17-4/h5-6,8H,7H2,1-4H3. The Morgan fingerprint density at radius 1 is 1.29 bits per heavy atom. The number of carbonyl (C=O) groups excluding carboxylic acids is 1. The van der Waals surface area contributed by atoms with Gasteiger partial charge in [0.25, 0.3) is 0 Å². The van der Waals surface area contributed by atoms with Crippen molar-refractivity contribution < 1.29 is 14.3 Å². The lowest BCUT2D eigenvalue weighted by molar-refractivity contribution is 0.0964. The van der Waals surface area contributed by atoms with Crippen molar-refractivity contribution in [1.82, 2.24) is 0 Å². The fourth-order valence-corrected chi connectivity index (χ4v) is 2.27. The summed E-state index contributed by atoms with van der Waals surface area (Å²) in [5.41, 5.74) is 0.592. The van der Waals surface area contributed by atoms with E-state index in [1.807, 2.05) is 13.8 Å². The molecule has 0 fully saturated rings. The summed E-state index contributed by atoms with van der Waals surface area (Å²) < 4.78 is 11.1. The van der Waals surface area contributed by atoms with Crippen LogP contribution in [-0.2, 0) is 0 Å². The van der Waals surface area contributed by atoms with Crippen molar-refractivity contribution in [2.24, 2.45) is 5.92 Å². The van der Waals surface area contributed by atoms with E-state index in [-0.39, 0.29) is 5.78 Å². The first-order valence-corrected chi connectivity index (χ1v) is 6.24. The van der Waals surface area contributed by atoms with Gasteiger partial charge in [0.05, 0.1) is 19.8 Å². The van der Waals surface area contributed by atoms with Crippen LogP contribution in [0.1, 0.15) is 30.6 Å². The van der Waals surface area contributed by atoms with Crippen LogP contribution in [-0.4, -0.2) is 20.0 Å². The molecule has 1 aromatic rings. The highest BCUT2D eigenvalue weighted by molar-refractivity contribution is 9.10. The lowest BCUT2D eigenvalue weighted by atomic mass is 10.0. The largest absolute Gasteiger partial charge is 0.495 e. The van der Waals surface area contributed by atoms with Gasteiger partial charge in [0, 0.05) is 6.42 Å². The molecule has 0 saturated carbocycles. The molecule has 0 N–H and O–H groups in total. The predicted octanol–water partition coefficient (Wildman–Crippen LogP) is 3.70. The topological polar surface area (TPSA) is 35.5 Å². The molecule has 17 heavy (non-hydrogen) atoms. The second kappa shape index (κ2) is 6.05. The smallest absolute Gasteiger partial charge is 0.166 e. The van der Waals surface area contributed by atoms with Crippen molar-refractivity contribution in [2.45, 2.75) is 20.3 Å². The zero-order chi connectivity index (χ0) is 13.0.